The molecule has 2 heterocycles. The van der Waals surface area contributed by atoms with Gasteiger partial charge in [0.2, 0.25) is 11.8 Å². The van der Waals surface area contributed by atoms with Crippen molar-refractivity contribution < 1.29 is 19.5 Å². The Kier molecular flexibility index (Phi) is 15.0. The summed E-state index contributed by atoms with van der Waals surface area (Å²) >= 11 is 0. The molecule has 2 aliphatic rings. The van der Waals surface area contributed by atoms with E-state index in [1.54, 1.807) is 4.90 Å². The third kappa shape index (κ3) is 11.3. The Morgan fingerprint density at radius 1 is 0.743 bits per heavy atom. The fraction of sp³-hybridized carbons (Fsp3) is 0.893. The number of hydrogen-bond acceptors (Lipinski definition) is 4. The molecule has 0 aromatic carbocycles. The van der Waals surface area contributed by atoms with Crippen molar-refractivity contribution in [2.24, 2.45) is 0 Å². The third-order valence-electron chi connectivity index (χ3n) is 7.70. The number of carboxylic acids is 1. The second-order valence-electron chi connectivity index (χ2n) is 10.6. The average molecular weight is 494 g/mol. The molecule has 202 valence electrons. The lowest BCUT2D eigenvalue weighted by Gasteiger charge is -2.31. The predicted octanol–water partition coefficient (Wildman–Crippen LogP) is 5.12. The third-order valence-corrected chi connectivity index (χ3v) is 7.70. The van der Waals surface area contributed by atoms with Gasteiger partial charge in [-0.2, -0.15) is 0 Å². The van der Waals surface area contributed by atoms with Gasteiger partial charge in [-0.15, -0.1) is 0 Å². The molecule has 7 heteroatoms. The van der Waals surface area contributed by atoms with Crippen molar-refractivity contribution in [1.29, 1.82) is 0 Å². The summed E-state index contributed by atoms with van der Waals surface area (Å²) < 4.78 is 0. The van der Waals surface area contributed by atoms with Gasteiger partial charge < -0.3 is 15.3 Å². The molecular formula is C28H51N3O4. The maximum absolute atomic E-state index is 13.2. The smallest absolute Gasteiger partial charge is 0.322 e. The van der Waals surface area contributed by atoms with Crippen LogP contribution in [-0.2, 0) is 14.4 Å². The first-order valence-electron chi connectivity index (χ1n) is 14.6. The van der Waals surface area contributed by atoms with Crippen LogP contribution in [0.25, 0.3) is 0 Å². The molecule has 0 spiro atoms. The van der Waals surface area contributed by atoms with E-state index in [4.69, 9.17) is 5.11 Å². The molecule has 2 N–H and O–H groups in total. The van der Waals surface area contributed by atoms with E-state index in [2.05, 4.69) is 17.1 Å². The average Bonchev–Trinajstić information content (AvgIpc) is 3.52. The number of carbonyl (C=O) groups excluding carboxylic acids is 2. The molecule has 2 amide bonds. The molecule has 2 saturated heterocycles. The van der Waals surface area contributed by atoms with E-state index in [1.165, 1.54) is 83.5 Å². The van der Waals surface area contributed by atoms with Gasteiger partial charge in [-0.05, 0) is 45.2 Å². The van der Waals surface area contributed by atoms with E-state index in [9.17, 15) is 14.4 Å². The van der Waals surface area contributed by atoms with E-state index in [-0.39, 0.29) is 17.9 Å². The zero-order valence-corrected chi connectivity index (χ0v) is 22.3. The topological polar surface area (TPSA) is 90.0 Å². The molecule has 0 radical (unpaired) electrons. The van der Waals surface area contributed by atoms with Crippen LogP contribution in [0.3, 0.4) is 0 Å². The van der Waals surface area contributed by atoms with Crippen molar-refractivity contribution in [1.82, 2.24) is 15.1 Å². The van der Waals surface area contributed by atoms with Crippen molar-refractivity contribution in [3.05, 3.63) is 0 Å². The first kappa shape index (κ1) is 29.6. The second kappa shape index (κ2) is 17.7. The molecular weight excluding hydrogens is 442 g/mol. The molecule has 0 unspecified atom stereocenters. The molecule has 0 saturated carbocycles. The van der Waals surface area contributed by atoms with E-state index < -0.39 is 18.6 Å². The standard InChI is InChI=1S/C28H51N3O4/c1-2-3-4-5-6-7-8-9-10-11-12-13-14-15-20-30-21-16-19-25(30)28(35)31-22-17-18-24(31)27(34)29-23-26(32)33/h24-25H,2-23H2,1H3,(H,29,34)(H,32,33)/t24-,25-/m0/s1. The quantitative estimate of drug-likeness (QED) is 0.244. The monoisotopic (exact) mass is 493 g/mol. The molecule has 2 atom stereocenters. The van der Waals surface area contributed by atoms with Crippen molar-refractivity contribution in [2.45, 2.75) is 135 Å². The zero-order valence-electron chi connectivity index (χ0n) is 22.3. The van der Waals surface area contributed by atoms with Gasteiger partial charge in [0.05, 0.1) is 6.04 Å². The minimum Gasteiger partial charge on any atom is -0.480 e. The summed E-state index contributed by atoms with van der Waals surface area (Å²) in [6.45, 7) is 4.38. The van der Waals surface area contributed by atoms with Gasteiger partial charge in [0.1, 0.15) is 12.6 Å². The van der Waals surface area contributed by atoms with Crippen LogP contribution in [0.1, 0.15) is 122 Å². The van der Waals surface area contributed by atoms with Crippen molar-refractivity contribution in [2.75, 3.05) is 26.2 Å². The molecule has 2 rings (SSSR count). The van der Waals surface area contributed by atoms with Crippen molar-refractivity contribution in [3.63, 3.8) is 0 Å². The summed E-state index contributed by atoms with van der Waals surface area (Å²) in [6.07, 6.45) is 22.1. The minimum absolute atomic E-state index is 0.0563. The summed E-state index contributed by atoms with van der Waals surface area (Å²) in [5.41, 5.74) is 0. The first-order chi connectivity index (χ1) is 17.0. The van der Waals surface area contributed by atoms with Crippen LogP contribution in [0, 0.1) is 0 Å². The minimum atomic E-state index is -1.07. The fourth-order valence-corrected chi connectivity index (χ4v) is 5.66. The van der Waals surface area contributed by atoms with E-state index >= 15 is 0 Å². The summed E-state index contributed by atoms with van der Waals surface area (Å²) in [4.78, 5) is 40.4. The SMILES string of the molecule is CCCCCCCCCCCCCCCCN1CCC[C@H]1C(=O)N1CCC[C@H]1C(=O)NCC(=O)O. The zero-order chi connectivity index (χ0) is 25.3. The number of rotatable bonds is 19. The number of aliphatic carboxylic acids is 1. The van der Waals surface area contributed by atoms with Crippen LogP contribution in [0.15, 0.2) is 0 Å². The molecule has 0 aromatic heterocycles. The number of carbonyl (C=O) groups is 3. The largest absolute Gasteiger partial charge is 0.480 e. The highest BCUT2D eigenvalue weighted by Crippen LogP contribution is 2.25. The second-order valence-corrected chi connectivity index (χ2v) is 10.6. The number of carboxylic acid groups (broad SMARTS) is 1. The summed E-state index contributed by atoms with van der Waals surface area (Å²) in [5, 5.41) is 11.3. The Hall–Kier alpha value is -1.63. The highest BCUT2D eigenvalue weighted by atomic mass is 16.4. The number of hydrogen-bond donors (Lipinski definition) is 2. The van der Waals surface area contributed by atoms with Gasteiger partial charge >= 0.3 is 5.97 Å². The Bertz CT molecular complexity index is 627. The normalized spacial score (nSPS) is 20.4. The fourth-order valence-electron chi connectivity index (χ4n) is 5.66. The lowest BCUT2D eigenvalue weighted by atomic mass is 10.0. The van der Waals surface area contributed by atoms with Crippen LogP contribution in [0.2, 0.25) is 0 Å². The maximum Gasteiger partial charge on any atom is 0.322 e. The Balaban J connectivity index is 1.55. The number of nitrogens with one attached hydrogen (secondary N) is 1. The lowest BCUT2D eigenvalue weighted by molar-refractivity contribution is -0.143. The molecule has 0 aromatic rings. The van der Waals surface area contributed by atoms with Gasteiger partial charge in [0.15, 0.2) is 0 Å². The number of unbranched alkanes of at least 4 members (excludes halogenated alkanes) is 13. The number of likely N-dealkylation sites (tertiary alicyclic amines) is 2. The van der Waals surface area contributed by atoms with Gasteiger partial charge in [0.25, 0.3) is 0 Å². The van der Waals surface area contributed by atoms with Gasteiger partial charge in [-0.25, -0.2) is 0 Å². The number of nitrogens with zero attached hydrogens (tertiary/aromatic N) is 2. The van der Waals surface area contributed by atoms with Crippen LogP contribution in [0.5, 0.6) is 0 Å². The first-order valence-corrected chi connectivity index (χ1v) is 14.6. The molecule has 7 nitrogen and oxygen atoms in total. The van der Waals surface area contributed by atoms with Gasteiger partial charge in [0, 0.05) is 6.54 Å². The van der Waals surface area contributed by atoms with Gasteiger partial charge in [-0.3, -0.25) is 19.3 Å². The Morgan fingerprint density at radius 3 is 1.83 bits per heavy atom. The molecule has 0 bridgehead atoms. The molecule has 35 heavy (non-hydrogen) atoms. The van der Waals surface area contributed by atoms with E-state index in [1.807, 2.05) is 0 Å². The predicted molar refractivity (Wildman–Crippen MR) is 140 cm³/mol. The van der Waals surface area contributed by atoms with Crippen LogP contribution in [-0.4, -0.2) is 71.0 Å². The van der Waals surface area contributed by atoms with Crippen LogP contribution >= 0.6 is 0 Å². The number of amides is 2. The maximum atomic E-state index is 13.2. The summed E-state index contributed by atoms with van der Waals surface area (Å²) in [6, 6.07) is -0.643. The lowest BCUT2D eigenvalue weighted by Crippen LogP contribution is -2.52. The molecule has 0 aliphatic carbocycles. The summed E-state index contributed by atoms with van der Waals surface area (Å²) in [5.74, 6) is -1.35. The van der Waals surface area contributed by atoms with Crippen molar-refractivity contribution >= 4 is 17.8 Å². The molecule has 2 aliphatic heterocycles. The Labute approximate surface area is 213 Å². The molecule has 2 fully saturated rings. The summed E-state index contributed by atoms with van der Waals surface area (Å²) in [7, 11) is 0. The van der Waals surface area contributed by atoms with Crippen molar-refractivity contribution in [3.8, 4) is 0 Å². The Morgan fingerprint density at radius 2 is 1.26 bits per heavy atom. The van der Waals surface area contributed by atoms with Crippen LogP contribution in [0.4, 0.5) is 0 Å². The van der Waals surface area contributed by atoms with Gasteiger partial charge in [-0.1, -0.05) is 90.4 Å². The van der Waals surface area contributed by atoms with E-state index in [0.717, 1.165) is 38.8 Å². The highest BCUT2D eigenvalue weighted by Gasteiger charge is 2.40. The van der Waals surface area contributed by atoms with Crippen LogP contribution < -0.4 is 5.32 Å². The van der Waals surface area contributed by atoms with E-state index in [0.29, 0.717) is 13.0 Å². The highest BCUT2D eigenvalue weighted by molar-refractivity contribution is 5.91.